The van der Waals surface area contributed by atoms with Crippen LogP contribution in [0.15, 0.2) is 176 Å². The molecule has 4 heterocycles. The number of para-hydroxylation sites is 3. The highest BCUT2D eigenvalue weighted by Crippen LogP contribution is 2.48. The minimum absolute atomic E-state index is 0.884. The van der Waals surface area contributed by atoms with Gasteiger partial charge >= 0.3 is 0 Å². The van der Waals surface area contributed by atoms with Gasteiger partial charge < -0.3 is 0 Å². The first-order chi connectivity index (χ1) is 26.3. The average molecular weight is 712 g/mol. The van der Waals surface area contributed by atoms with Gasteiger partial charge in [0, 0.05) is 36.0 Å². The Morgan fingerprint density at radius 3 is 1.62 bits per heavy atom. The first-order valence-corrected chi connectivity index (χ1v) is 19.4. The van der Waals surface area contributed by atoms with Gasteiger partial charge in [0.15, 0.2) is 0 Å². The summed E-state index contributed by atoms with van der Waals surface area (Å²) in [6, 6.07) is 63.1. The molecule has 0 aliphatic heterocycles. The molecular weight excluding hydrogens is 683 g/mol. The van der Waals surface area contributed by atoms with E-state index in [1.807, 2.05) is 34.8 Å². The van der Waals surface area contributed by atoms with Crippen LogP contribution >= 0.6 is 22.7 Å². The largest absolute Gasteiger partial charge is 0.276 e. The van der Waals surface area contributed by atoms with Crippen LogP contribution in [0.5, 0.6) is 0 Å². The molecule has 0 fully saturated rings. The molecule has 5 heteroatoms. The third-order valence-corrected chi connectivity index (χ3v) is 12.7. The van der Waals surface area contributed by atoms with Crippen molar-refractivity contribution in [2.45, 2.75) is 0 Å². The second kappa shape index (κ2) is 12.1. The summed E-state index contributed by atoms with van der Waals surface area (Å²) in [4.78, 5) is 15.5. The van der Waals surface area contributed by atoms with Gasteiger partial charge in [-0.15, -0.1) is 22.7 Å². The van der Waals surface area contributed by atoms with E-state index in [9.17, 15) is 0 Å². The molecule has 0 spiro atoms. The van der Waals surface area contributed by atoms with Crippen LogP contribution in [0.25, 0.3) is 102 Å². The van der Waals surface area contributed by atoms with Gasteiger partial charge in [-0.2, -0.15) is 0 Å². The van der Waals surface area contributed by atoms with Crippen LogP contribution in [-0.4, -0.2) is 14.4 Å². The monoisotopic (exact) mass is 711 g/mol. The van der Waals surface area contributed by atoms with Crippen molar-refractivity contribution in [1.29, 1.82) is 0 Å². The Morgan fingerprint density at radius 2 is 0.887 bits per heavy atom. The zero-order valence-electron chi connectivity index (χ0n) is 28.4. The molecule has 0 aliphatic carbocycles. The molecule has 0 saturated carbocycles. The van der Waals surface area contributed by atoms with Gasteiger partial charge in [0.25, 0.3) is 0 Å². The van der Waals surface area contributed by atoms with E-state index < -0.39 is 0 Å². The standard InChI is InChI=1S/C48H29N3S2/c1-2-13-30(14-3-1)41-25-26-42(52-41)43-27-28-44(53-43)46-35-19-6-4-17-33(35)45(34-18-5-7-20-36(34)46)31-15-12-16-32(29-31)47-49-38-22-9-8-21-37(38)48-50-39-23-10-11-24-40(39)51(47)48/h1-29H. The zero-order chi connectivity index (χ0) is 34.9. The van der Waals surface area contributed by atoms with Crippen LogP contribution in [-0.2, 0) is 0 Å². The number of thiophene rings is 2. The number of benzene rings is 7. The van der Waals surface area contributed by atoms with Crippen LogP contribution in [0.2, 0.25) is 0 Å². The molecule has 0 atom stereocenters. The number of fused-ring (bicyclic) bond motifs is 7. The normalized spacial score (nSPS) is 11.8. The molecule has 7 aromatic carbocycles. The molecule has 53 heavy (non-hydrogen) atoms. The highest BCUT2D eigenvalue weighted by Gasteiger charge is 2.20. The third-order valence-electron chi connectivity index (χ3n) is 10.2. The van der Waals surface area contributed by atoms with Crippen molar-refractivity contribution in [2.24, 2.45) is 0 Å². The second-order valence-electron chi connectivity index (χ2n) is 13.3. The zero-order valence-corrected chi connectivity index (χ0v) is 30.0. The molecule has 0 saturated heterocycles. The molecule has 0 aliphatic rings. The predicted octanol–water partition coefficient (Wildman–Crippen LogP) is 13.8. The van der Waals surface area contributed by atoms with Gasteiger partial charge in [-0.1, -0.05) is 121 Å². The van der Waals surface area contributed by atoms with Crippen molar-refractivity contribution in [2.75, 3.05) is 0 Å². The number of nitrogens with zero attached hydrogens (tertiary/aromatic N) is 3. The molecule has 0 amide bonds. The lowest BCUT2D eigenvalue weighted by Gasteiger charge is -2.17. The van der Waals surface area contributed by atoms with Gasteiger partial charge in [-0.25, -0.2) is 9.97 Å². The van der Waals surface area contributed by atoms with E-state index in [1.54, 1.807) is 0 Å². The Kier molecular flexibility index (Phi) is 6.90. The van der Waals surface area contributed by atoms with Crippen molar-refractivity contribution in [3.63, 3.8) is 0 Å². The Balaban J connectivity index is 1.10. The maximum atomic E-state index is 5.28. The Hall–Kier alpha value is -6.40. The minimum atomic E-state index is 0.884. The Bertz CT molecular complexity index is 3130. The van der Waals surface area contributed by atoms with Gasteiger partial charge in [0.2, 0.25) is 0 Å². The highest BCUT2D eigenvalue weighted by atomic mass is 32.1. The molecule has 11 rings (SSSR count). The fourth-order valence-electron chi connectivity index (χ4n) is 7.89. The molecule has 248 valence electrons. The van der Waals surface area contributed by atoms with Gasteiger partial charge in [-0.05, 0) is 92.8 Å². The highest BCUT2D eigenvalue weighted by molar-refractivity contribution is 7.25. The molecular formula is C48H29N3S2. The second-order valence-corrected chi connectivity index (χ2v) is 15.5. The number of rotatable bonds is 5. The van der Waals surface area contributed by atoms with E-state index in [4.69, 9.17) is 9.97 Å². The number of aromatic nitrogens is 3. The van der Waals surface area contributed by atoms with E-state index in [1.165, 1.54) is 57.7 Å². The van der Waals surface area contributed by atoms with Crippen LogP contribution in [0.4, 0.5) is 0 Å². The van der Waals surface area contributed by atoms with Crippen molar-refractivity contribution < 1.29 is 0 Å². The van der Waals surface area contributed by atoms with E-state index in [0.717, 1.165) is 44.5 Å². The van der Waals surface area contributed by atoms with Crippen molar-refractivity contribution in [1.82, 2.24) is 14.4 Å². The summed E-state index contributed by atoms with van der Waals surface area (Å²) in [5, 5.41) is 6.02. The first kappa shape index (κ1) is 30.2. The molecule has 0 unspecified atom stereocenters. The summed E-state index contributed by atoms with van der Waals surface area (Å²) in [5.41, 5.74) is 9.86. The summed E-state index contributed by atoms with van der Waals surface area (Å²) < 4.78 is 2.22. The van der Waals surface area contributed by atoms with E-state index in [0.29, 0.717) is 0 Å². The number of hydrogen-bond donors (Lipinski definition) is 0. The SMILES string of the molecule is c1ccc(-c2ccc(-c3ccc(-c4c5ccccc5c(-c5cccc(-c6nc7ccccc7c7nc8ccccc8n67)c5)c5ccccc45)s3)s2)cc1. The maximum absolute atomic E-state index is 5.28. The summed E-state index contributed by atoms with van der Waals surface area (Å²) >= 11 is 3.73. The maximum Gasteiger partial charge on any atom is 0.149 e. The lowest BCUT2D eigenvalue weighted by atomic mass is 9.87. The molecule has 0 radical (unpaired) electrons. The fourth-order valence-corrected chi connectivity index (χ4v) is 10.1. The van der Waals surface area contributed by atoms with Crippen LogP contribution in [0.3, 0.4) is 0 Å². The first-order valence-electron chi connectivity index (χ1n) is 17.7. The number of imidazole rings is 1. The topological polar surface area (TPSA) is 30.2 Å². The smallest absolute Gasteiger partial charge is 0.149 e. The van der Waals surface area contributed by atoms with Gasteiger partial charge in [0.1, 0.15) is 11.5 Å². The van der Waals surface area contributed by atoms with E-state index >= 15 is 0 Å². The molecule has 0 N–H and O–H groups in total. The van der Waals surface area contributed by atoms with Crippen LogP contribution < -0.4 is 0 Å². The summed E-state index contributed by atoms with van der Waals surface area (Å²) in [5.74, 6) is 0.884. The van der Waals surface area contributed by atoms with Crippen LogP contribution in [0, 0.1) is 0 Å². The molecule has 0 bridgehead atoms. The summed E-state index contributed by atoms with van der Waals surface area (Å²) in [6.45, 7) is 0. The van der Waals surface area contributed by atoms with Crippen LogP contribution in [0.1, 0.15) is 0 Å². The lowest BCUT2D eigenvalue weighted by molar-refractivity contribution is 1.16. The van der Waals surface area contributed by atoms with E-state index in [2.05, 4.69) is 168 Å². The third kappa shape index (κ3) is 4.86. The van der Waals surface area contributed by atoms with Crippen molar-refractivity contribution >= 4 is 71.8 Å². The van der Waals surface area contributed by atoms with Crippen molar-refractivity contribution in [3.8, 4) is 53.2 Å². The van der Waals surface area contributed by atoms with Gasteiger partial charge in [-0.3, -0.25) is 4.40 Å². The fraction of sp³-hybridized carbons (Fsp3) is 0. The van der Waals surface area contributed by atoms with Crippen molar-refractivity contribution in [3.05, 3.63) is 176 Å². The number of hydrogen-bond acceptors (Lipinski definition) is 4. The van der Waals surface area contributed by atoms with E-state index in [-0.39, 0.29) is 0 Å². The Labute approximate surface area is 313 Å². The summed E-state index contributed by atoms with van der Waals surface area (Å²) in [6.07, 6.45) is 0. The molecule has 4 aromatic heterocycles. The Morgan fingerprint density at radius 1 is 0.358 bits per heavy atom. The lowest BCUT2D eigenvalue weighted by Crippen LogP contribution is -1.98. The molecule has 3 nitrogen and oxygen atoms in total. The average Bonchev–Trinajstić information content (AvgIpc) is 4.00. The minimum Gasteiger partial charge on any atom is -0.276 e. The summed E-state index contributed by atoms with van der Waals surface area (Å²) in [7, 11) is 0. The predicted molar refractivity (Wildman–Crippen MR) is 226 cm³/mol. The van der Waals surface area contributed by atoms with Gasteiger partial charge in [0.05, 0.1) is 16.6 Å². The molecule has 11 aromatic rings. The quantitative estimate of drug-likeness (QED) is 0.166.